The first-order valence-electron chi connectivity index (χ1n) is 12.0. The molecule has 1 aliphatic rings. The zero-order chi connectivity index (χ0) is 23.5. The van der Waals surface area contributed by atoms with Crippen LogP contribution in [0.4, 0.5) is 5.69 Å². The molecule has 1 saturated heterocycles. The Morgan fingerprint density at radius 3 is 2.53 bits per heavy atom. The third kappa shape index (κ3) is 4.42. The molecule has 1 unspecified atom stereocenters. The number of rotatable bonds is 7. The van der Waals surface area contributed by atoms with E-state index >= 15 is 0 Å². The molecular weight excluding hydrogens is 442 g/mol. The van der Waals surface area contributed by atoms with Gasteiger partial charge >= 0.3 is 0 Å². The number of ether oxygens (including phenoxy) is 1. The van der Waals surface area contributed by atoms with Crippen molar-refractivity contribution < 1.29 is 9.53 Å². The minimum atomic E-state index is 0.0651. The predicted molar refractivity (Wildman–Crippen MR) is 140 cm³/mol. The molecule has 0 spiro atoms. The molecule has 0 saturated carbocycles. The average molecular weight is 474 g/mol. The Morgan fingerprint density at radius 1 is 1.00 bits per heavy atom. The quantitative estimate of drug-likeness (QED) is 0.355. The number of carbonyl (C=O) groups is 1. The Kier molecular flexibility index (Phi) is 6.59. The number of nitrogens with zero attached hydrogens (tertiary/aromatic N) is 3. The number of piperazine rings is 1. The number of aryl methyl sites for hydroxylation is 1. The van der Waals surface area contributed by atoms with Gasteiger partial charge in [-0.05, 0) is 42.1 Å². The normalized spacial score (nSPS) is 15.0. The van der Waals surface area contributed by atoms with Gasteiger partial charge in [-0.25, -0.2) is 0 Å². The molecule has 3 heterocycles. The van der Waals surface area contributed by atoms with E-state index in [4.69, 9.17) is 4.74 Å². The smallest absolute Gasteiger partial charge is 0.223 e. The van der Waals surface area contributed by atoms with Crippen LogP contribution in [-0.2, 0) is 11.8 Å². The first-order chi connectivity index (χ1) is 16.7. The van der Waals surface area contributed by atoms with Gasteiger partial charge in [-0.2, -0.15) is 0 Å². The van der Waals surface area contributed by atoms with E-state index in [2.05, 4.69) is 70.6 Å². The van der Waals surface area contributed by atoms with Crippen LogP contribution in [0, 0.1) is 0 Å². The summed E-state index contributed by atoms with van der Waals surface area (Å²) < 4.78 is 7.99. The zero-order valence-electron chi connectivity index (χ0n) is 19.8. The van der Waals surface area contributed by atoms with Crippen LogP contribution in [0.2, 0.25) is 0 Å². The second-order valence-electron chi connectivity index (χ2n) is 8.75. The Bertz CT molecular complexity index is 1260. The first kappa shape index (κ1) is 22.5. The number of aromatic nitrogens is 1. The number of benzene rings is 2. The minimum Gasteiger partial charge on any atom is -0.492 e. The Hall–Kier alpha value is -3.25. The van der Waals surface area contributed by atoms with E-state index in [1.165, 1.54) is 21.3 Å². The molecule has 0 bridgehead atoms. The third-order valence-corrected chi connectivity index (χ3v) is 7.69. The summed E-state index contributed by atoms with van der Waals surface area (Å²) in [5.74, 6) is 1.21. The molecule has 2 aromatic carbocycles. The second kappa shape index (κ2) is 9.94. The molecule has 1 fully saturated rings. The summed E-state index contributed by atoms with van der Waals surface area (Å²) >= 11 is 1.73. The van der Waals surface area contributed by atoms with E-state index < -0.39 is 0 Å². The molecule has 5 nitrogen and oxygen atoms in total. The molecule has 1 atom stereocenters. The topological polar surface area (TPSA) is 37.7 Å². The molecule has 6 heteroatoms. The largest absolute Gasteiger partial charge is 0.492 e. The standard InChI is InChI=1S/C28H31N3O2S/c1-3-33-26-12-7-6-11-25(26)30-14-16-31(17-15-30)28(32)19-22(27-13-8-18-34-27)23-20-29(2)24-10-5-4-9-21(23)24/h4-13,18,20,22H,3,14-17,19H2,1-2H3. The van der Waals surface area contributed by atoms with E-state index in [0.29, 0.717) is 13.0 Å². The Morgan fingerprint density at radius 2 is 1.76 bits per heavy atom. The highest BCUT2D eigenvalue weighted by atomic mass is 32.1. The van der Waals surface area contributed by atoms with Crippen molar-refractivity contribution in [1.82, 2.24) is 9.47 Å². The van der Waals surface area contributed by atoms with Crippen LogP contribution in [-0.4, -0.2) is 48.2 Å². The van der Waals surface area contributed by atoms with E-state index in [1.807, 2.05) is 30.0 Å². The lowest BCUT2D eigenvalue weighted by Gasteiger charge is -2.37. The van der Waals surface area contributed by atoms with Crippen LogP contribution in [0.5, 0.6) is 5.75 Å². The molecule has 1 aliphatic heterocycles. The summed E-state index contributed by atoms with van der Waals surface area (Å²) in [4.78, 5) is 19.1. The monoisotopic (exact) mass is 473 g/mol. The molecule has 0 aliphatic carbocycles. The maximum absolute atomic E-state index is 13.5. The fourth-order valence-corrected chi connectivity index (χ4v) is 5.85. The van der Waals surface area contributed by atoms with Crippen LogP contribution < -0.4 is 9.64 Å². The van der Waals surface area contributed by atoms with E-state index in [9.17, 15) is 4.79 Å². The van der Waals surface area contributed by atoms with Gasteiger partial charge in [-0.3, -0.25) is 4.79 Å². The number of para-hydroxylation sites is 3. The van der Waals surface area contributed by atoms with Crippen molar-refractivity contribution in [3.05, 3.63) is 82.7 Å². The van der Waals surface area contributed by atoms with Gasteiger partial charge < -0.3 is 19.1 Å². The van der Waals surface area contributed by atoms with Crippen molar-refractivity contribution in [1.29, 1.82) is 0 Å². The van der Waals surface area contributed by atoms with Gasteiger partial charge in [-0.15, -0.1) is 11.3 Å². The number of thiophene rings is 1. The van der Waals surface area contributed by atoms with Crippen LogP contribution >= 0.6 is 11.3 Å². The van der Waals surface area contributed by atoms with Gasteiger partial charge in [0.2, 0.25) is 5.91 Å². The lowest BCUT2D eigenvalue weighted by molar-refractivity contribution is -0.131. The lowest BCUT2D eigenvalue weighted by Crippen LogP contribution is -2.49. The average Bonchev–Trinajstić information content (AvgIpc) is 3.52. The van der Waals surface area contributed by atoms with E-state index in [0.717, 1.165) is 37.6 Å². The minimum absolute atomic E-state index is 0.0651. The van der Waals surface area contributed by atoms with Crippen molar-refractivity contribution >= 4 is 33.8 Å². The zero-order valence-corrected chi connectivity index (χ0v) is 20.6. The van der Waals surface area contributed by atoms with Crippen molar-refractivity contribution in [2.24, 2.45) is 7.05 Å². The van der Waals surface area contributed by atoms with Crippen LogP contribution in [0.1, 0.15) is 29.7 Å². The Balaban J connectivity index is 1.33. The predicted octanol–water partition coefficient (Wildman–Crippen LogP) is 5.51. The summed E-state index contributed by atoms with van der Waals surface area (Å²) in [5, 5.41) is 3.33. The van der Waals surface area contributed by atoms with Gasteiger partial charge in [-0.1, -0.05) is 36.4 Å². The molecule has 5 rings (SSSR count). The maximum atomic E-state index is 13.5. The summed E-state index contributed by atoms with van der Waals surface area (Å²) in [6.07, 6.45) is 2.69. The number of anilines is 1. The molecule has 0 radical (unpaired) electrons. The number of amides is 1. The van der Waals surface area contributed by atoms with Gasteiger partial charge in [0.1, 0.15) is 5.75 Å². The molecule has 2 aromatic heterocycles. The summed E-state index contributed by atoms with van der Waals surface area (Å²) in [6.45, 7) is 5.74. The first-order valence-corrected chi connectivity index (χ1v) is 12.9. The maximum Gasteiger partial charge on any atom is 0.223 e. The second-order valence-corrected chi connectivity index (χ2v) is 9.73. The summed E-state index contributed by atoms with van der Waals surface area (Å²) in [7, 11) is 2.08. The number of fused-ring (bicyclic) bond motifs is 1. The van der Waals surface area contributed by atoms with Gasteiger partial charge in [0, 0.05) is 67.5 Å². The van der Waals surface area contributed by atoms with Crippen LogP contribution in [0.15, 0.2) is 72.2 Å². The highest BCUT2D eigenvalue weighted by molar-refractivity contribution is 7.10. The molecular formula is C28H31N3O2S. The molecule has 4 aromatic rings. The van der Waals surface area contributed by atoms with Gasteiger partial charge in [0.25, 0.3) is 0 Å². The third-order valence-electron chi connectivity index (χ3n) is 6.71. The number of carbonyl (C=O) groups excluding carboxylic acids is 1. The lowest BCUT2D eigenvalue weighted by atomic mass is 9.93. The molecule has 34 heavy (non-hydrogen) atoms. The summed E-state index contributed by atoms with van der Waals surface area (Å²) in [6, 6.07) is 20.9. The van der Waals surface area contributed by atoms with Gasteiger partial charge in [0.05, 0.1) is 12.3 Å². The fraction of sp³-hybridized carbons (Fsp3) is 0.321. The van der Waals surface area contributed by atoms with E-state index in [-0.39, 0.29) is 11.8 Å². The van der Waals surface area contributed by atoms with Crippen LogP contribution in [0.25, 0.3) is 10.9 Å². The van der Waals surface area contributed by atoms with Crippen molar-refractivity contribution in [3.8, 4) is 5.75 Å². The highest BCUT2D eigenvalue weighted by Crippen LogP contribution is 2.37. The van der Waals surface area contributed by atoms with E-state index in [1.54, 1.807) is 11.3 Å². The van der Waals surface area contributed by atoms with Crippen molar-refractivity contribution in [3.63, 3.8) is 0 Å². The Labute approximate surface area is 205 Å². The van der Waals surface area contributed by atoms with Crippen molar-refractivity contribution in [2.45, 2.75) is 19.3 Å². The molecule has 176 valence electrons. The molecule has 1 amide bonds. The number of hydrogen-bond donors (Lipinski definition) is 0. The molecule has 0 N–H and O–H groups in total. The SMILES string of the molecule is CCOc1ccccc1N1CCN(C(=O)CC(c2cccs2)c2cn(C)c3ccccc23)CC1. The van der Waals surface area contributed by atoms with Crippen LogP contribution in [0.3, 0.4) is 0 Å². The summed E-state index contributed by atoms with van der Waals surface area (Å²) in [5.41, 5.74) is 3.55. The van der Waals surface area contributed by atoms with Crippen molar-refractivity contribution in [2.75, 3.05) is 37.7 Å². The fourth-order valence-electron chi connectivity index (χ4n) is 5.00. The van der Waals surface area contributed by atoms with Gasteiger partial charge in [0.15, 0.2) is 0 Å². The highest BCUT2D eigenvalue weighted by Gasteiger charge is 2.28. The number of hydrogen-bond acceptors (Lipinski definition) is 4.